The van der Waals surface area contributed by atoms with Crippen LogP contribution in [0.25, 0.3) is 0 Å². The van der Waals surface area contributed by atoms with E-state index in [2.05, 4.69) is 11.8 Å². The molecule has 0 bridgehead atoms. The Labute approximate surface area is 120 Å². The molecule has 1 atom stereocenters. The molecule has 0 radical (unpaired) electrons. The molecule has 1 aliphatic rings. The van der Waals surface area contributed by atoms with E-state index in [0.29, 0.717) is 5.02 Å². The molecule has 1 aromatic rings. The highest BCUT2D eigenvalue weighted by atomic mass is 35.5. The van der Waals surface area contributed by atoms with Crippen molar-refractivity contribution >= 4 is 17.4 Å². The lowest BCUT2D eigenvalue weighted by molar-refractivity contribution is 0.0769. The van der Waals surface area contributed by atoms with Crippen LogP contribution in [0.1, 0.15) is 43.5 Å². The summed E-state index contributed by atoms with van der Waals surface area (Å²) < 4.78 is 0. The van der Waals surface area contributed by atoms with Gasteiger partial charge in [-0.3, -0.25) is 9.69 Å². The number of rotatable bonds is 4. The molecule has 1 unspecified atom stereocenters. The first-order chi connectivity index (χ1) is 9.11. The van der Waals surface area contributed by atoms with Gasteiger partial charge in [-0.15, -0.1) is 0 Å². The number of hydrogen-bond donors (Lipinski definition) is 0. The van der Waals surface area contributed by atoms with Crippen molar-refractivity contribution in [2.24, 2.45) is 5.92 Å². The molecule has 2 nitrogen and oxygen atoms in total. The van der Waals surface area contributed by atoms with Crippen LogP contribution in [0.4, 0.5) is 0 Å². The Kier molecular flexibility index (Phi) is 5.00. The minimum absolute atomic E-state index is 0.0451. The zero-order valence-electron chi connectivity index (χ0n) is 11.7. The van der Waals surface area contributed by atoms with Gasteiger partial charge in [0.2, 0.25) is 0 Å². The zero-order chi connectivity index (χ0) is 13.8. The molecule has 19 heavy (non-hydrogen) atoms. The topological polar surface area (TPSA) is 20.3 Å². The Morgan fingerprint density at radius 1 is 1.42 bits per heavy atom. The maximum absolute atomic E-state index is 12.4. The number of carbonyl (C=O) groups is 1. The maximum Gasteiger partial charge on any atom is 0.179 e. The summed E-state index contributed by atoms with van der Waals surface area (Å²) in [6, 6.07) is 7.21. The molecule has 1 fully saturated rings. The van der Waals surface area contributed by atoms with Crippen molar-refractivity contribution in [2.75, 3.05) is 13.1 Å². The van der Waals surface area contributed by atoms with Crippen LogP contribution in [0.5, 0.6) is 0 Å². The molecule has 1 aliphatic heterocycles. The van der Waals surface area contributed by atoms with E-state index in [1.165, 1.54) is 19.3 Å². The lowest BCUT2D eigenvalue weighted by atomic mass is 9.92. The predicted octanol–water partition coefficient (Wildman–Crippen LogP) is 4.03. The highest BCUT2D eigenvalue weighted by molar-refractivity contribution is 6.31. The molecule has 104 valence electrons. The molecule has 0 aliphatic carbocycles. The highest BCUT2D eigenvalue weighted by Crippen LogP contribution is 2.23. The van der Waals surface area contributed by atoms with Crippen LogP contribution in [0.2, 0.25) is 5.02 Å². The van der Waals surface area contributed by atoms with Gasteiger partial charge in [0.05, 0.1) is 6.04 Å². The highest BCUT2D eigenvalue weighted by Gasteiger charge is 2.26. The molecule has 2 rings (SSSR count). The molecule has 1 saturated heterocycles. The molecule has 1 aromatic carbocycles. The van der Waals surface area contributed by atoms with Crippen LogP contribution in [-0.4, -0.2) is 29.8 Å². The third-order valence-electron chi connectivity index (χ3n) is 4.26. The molecule has 0 amide bonds. The van der Waals surface area contributed by atoms with E-state index in [1.807, 2.05) is 19.1 Å². The van der Waals surface area contributed by atoms with E-state index >= 15 is 0 Å². The van der Waals surface area contributed by atoms with Gasteiger partial charge < -0.3 is 0 Å². The van der Waals surface area contributed by atoms with Gasteiger partial charge in [0.25, 0.3) is 0 Å². The van der Waals surface area contributed by atoms with Crippen LogP contribution >= 0.6 is 11.6 Å². The summed E-state index contributed by atoms with van der Waals surface area (Å²) >= 11 is 5.95. The van der Waals surface area contributed by atoms with Crippen LogP contribution in [-0.2, 0) is 0 Å². The first-order valence-corrected chi connectivity index (χ1v) is 7.53. The summed E-state index contributed by atoms with van der Waals surface area (Å²) in [5.74, 6) is 1.02. The number of carbonyl (C=O) groups excluding carboxylic acids is 1. The van der Waals surface area contributed by atoms with Crippen molar-refractivity contribution in [3.05, 3.63) is 34.9 Å². The summed E-state index contributed by atoms with van der Waals surface area (Å²) in [5, 5.41) is 0.628. The fourth-order valence-corrected chi connectivity index (χ4v) is 2.99. The average Bonchev–Trinajstić information content (AvgIpc) is 2.46. The third kappa shape index (κ3) is 3.58. The maximum atomic E-state index is 12.4. The molecule has 0 saturated carbocycles. The van der Waals surface area contributed by atoms with Crippen LogP contribution < -0.4 is 0 Å². The number of piperidine rings is 1. The van der Waals surface area contributed by atoms with Crippen molar-refractivity contribution in [2.45, 2.75) is 39.2 Å². The number of hydrogen-bond acceptors (Lipinski definition) is 2. The van der Waals surface area contributed by atoms with Gasteiger partial charge in [-0.1, -0.05) is 37.1 Å². The van der Waals surface area contributed by atoms with Crippen molar-refractivity contribution < 1.29 is 4.79 Å². The van der Waals surface area contributed by atoms with Crippen LogP contribution in [0.3, 0.4) is 0 Å². The molecule has 0 aromatic heterocycles. The molecule has 3 heteroatoms. The molecular formula is C16H22ClNO. The molecule has 1 heterocycles. The summed E-state index contributed by atoms with van der Waals surface area (Å²) in [4.78, 5) is 14.7. The van der Waals surface area contributed by atoms with Gasteiger partial charge in [0, 0.05) is 10.6 Å². The average molecular weight is 280 g/mol. The van der Waals surface area contributed by atoms with Gasteiger partial charge in [-0.2, -0.15) is 0 Å². The fraction of sp³-hybridized carbons (Fsp3) is 0.562. The monoisotopic (exact) mass is 279 g/mol. The second-order valence-electron chi connectivity index (χ2n) is 5.44. The van der Waals surface area contributed by atoms with Gasteiger partial charge >= 0.3 is 0 Å². The first kappa shape index (κ1) is 14.5. The lowest BCUT2D eigenvalue weighted by Gasteiger charge is -2.35. The Bertz CT molecular complexity index is 438. The van der Waals surface area contributed by atoms with Crippen molar-refractivity contribution in [1.82, 2.24) is 4.90 Å². The Morgan fingerprint density at radius 2 is 2.11 bits per heavy atom. The molecule has 0 N–H and O–H groups in total. The van der Waals surface area contributed by atoms with E-state index in [1.54, 1.807) is 12.1 Å². The second kappa shape index (κ2) is 6.53. The van der Waals surface area contributed by atoms with E-state index < -0.39 is 0 Å². The molecule has 0 spiro atoms. The van der Waals surface area contributed by atoms with Crippen molar-refractivity contribution in [1.29, 1.82) is 0 Å². The summed E-state index contributed by atoms with van der Waals surface area (Å²) in [5.41, 5.74) is 0.720. The molecular weight excluding hydrogens is 258 g/mol. The number of likely N-dealkylation sites (tertiary alicyclic amines) is 1. The Balaban J connectivity index is 2.00. The normalized spacial score (nSPS) is 19.3. The number of Topliss-reactive ketones (excluding diaryl/α,β-unsaturated/α-hetero) is 1. The van der Waals surface area contributed by atoms with E-state index in [4.69, 9.17) is 11.6 Å². The fourth-order valence-electron chi connectivity index (χ4n) is 2.80. The smallest absolute Gasteiger partial charge is 0.179 e. The summed E-state index contributed by atoms with van der Waals surface area (Å²) in [7, 11) is 0. The van der Waals surface area contributed by atoms with E-state index in [9.17, 15) is 4.79 Å². The van der Waals surface area contributed by atoms with Gasteiger partial charge in [0.15, 0.2) is 5.78 Å². The zero-order valence-corrected chi connectivity index (χ0v) is 12.5. The summed E-state index contributed by atoms with van der Waals surface area (Å²) in [6.45, 7) is 6.33. The minimum Gasteiger partial charge on any atom is -0.293 e. The quantitative estimate of drug-likeness (QED) is 0.776. The van der Waals surface area contributed by atoms with E-state index in [0.717, 1.165) is 24.6 Å². The largest absolute Gasteiger partial charge is 0.293 e. The lowest BCUT2D eigenvalue weighted by Crippen LogP contribution is -2.43. The SMILES string of the molecule is CCC1CCN(C(C)C(=O)c2cccc(Cl)c2)CC1. The number of ketones is 1. The van der Waals surface area contributed by atoms with Gasteiger partial charge in [0.1, 0.15) is 0 Å². The third-order valence-corrected chi connectivity index (χ3v) is 4.50. The Hall–Kier alpha value is -0.860. The van der Waals surface area contributed by atoms with Gasteiger partial charge in [-0.05, 0) is 50.9 Å². The number of nitrogens with zero attached hydrogens (tertiary/aromatic N) is 1. The first-order valence-electron chi connectivity index (χ1n) is 7.15. The standard InChI is InChI=1S/C16H22ClNO/c1-3-13-7-9-18(10-8-13)12(2)16(19)14-5-4-6-15(17)11-14/h4-6,11-13H,3,7-10H2,1-2H3. The second-order valence-corrected chi connectivity index (χ2v) is 5.87. The van der Waals surface area contributed by atoms with Gasteiger partial charge in [-0.25, -0.2) is 0 Å². The predicted molar refractivity (Wildman–Crippen MR) is 79.8 cm³/mol. The van der Waals surface area contributed by atoms with E-state index in [-0.39, 0.29) is 11.8 Å². The van der Waals surface area contributed by atoms with Crippen LogP contribution in [0, 0.1) is 5.92 Å². The Morgan fingerprint density at radius 3 is 2.68 bits per heavy atom. The summed E-state index contributed by atoms with van der Waals surface area (Å²) in [6.07, 6.45) is 3.68. The van der Waals surface area contributed by atoms with Crippen molar-refractivity contribution in [3.63, 3.8) is 0 Å². The van der Waals surface area contributed by atoms with Crippen LogP contribution in [0.15, 0.2) is 24.3 Å². The number of benzene rings is 1. The van der Waals surface area contributed by atoms with Crippen molar-refractivity contribution in [3.8, 4) is 0 Å². The number of halogens is 1. The minimum atomic E-state index is -0.0451.